The van der Waals surface area contributed by atoms with Gasteiger partial charge in [-0.2, -0.15) is 0 Å². The topological polar surface area (TPSA) is 270 Å². The summed E-state index contributed by atoms with van der Waals surface area (Å²) in [5.41, 5.74) is 0.353. The van der Waals surface area contributed by atoms with Crippen molar-refractivity contribution in [1.82, 2.24) is 0 Å². The maximum atomic E-state index is 11.0. The van der Waals surface area contributed by atoms with Crippen LogP contribution in [0.15, 0.2) is 47.6 Å². The summed E-state index contributed by atoms with van der Waals surface area (Å²) in [4.78, 5) is 0. The quantitative estimate of drug-likeness (QED) is 0.134. The van der Waals surface area contributed by atoms with Crippen LogP contribution in [-0.2, 0) is 24.0 Å². The van der Waals surface area contributed by atoms with Gasteiger partial charge in [-0.15, -0.1) is 0 Å². The Bertz CT molecular complexity index is 1790. The molecule has 6 rings (SSSR count). The molecule has 12 N–H and O–H groups in total. The molecule has 0 saturated carbocycles. The number of benzene rings is 3. The van der Waals surface area contributed by atoms with Gasteiger partial charge in [0, 0.05) is 71.6 Å². The molecule has 250 valence electrons. The van der Waals surface area contributed by atoms with E-state index in [1.165, 1.54) is 6.08 Å². The SMILES string of the molecule is OC1=CC([C@H]2Oc3c(Cc4c(O)cc(O)c5c4OC[C@H](O)C5)c(O)cc(O)c3C[C@H]2OC(O)c2cc(O)c(O)c(O)c2)CC(O)=C1O. The number of ether oxygens (including phenoxy) is 3. The summed E-state index contributed by atoms with van der Waals surface area (Å²) >= 11 is 0. The Morgan fingerprint density at radius 3 is 1.94 bits per heavy atom. The molecule has 3 aliphatic rings. The van der Waals surface area contributed by atoms with Gasteiger partial charge in [-0.05, 0) is 18.2 Å². The monoisotopic (exact) mass is 656 g/mol. The van der Waals surface area contributed by atoms with E-state index in [0.717, 1.165) is 24.3 Å². The Morgan fingerprint density at radius 1 is 0.723 bits per heavy atom. The van der Waals surface area contributed by atoms with E-state index in [2.05, 4.69) is 0 Å². The Labute approximate surface area is 265 Å². The lowest BCUT2D eigenvalue weighted by molar-refractivity contribution is -0.174. The van der Waals surface area contributed by atoms with Gasteiger partial charge < -0.3 is 75.5 Å². The highest BCUT2D eigenvalue weighted by atomic mass is 16.6. The fraction of sp³-hybridized carbons (Fsp3) is 0.312. The smallest absolute Gasteiger partial charge is 0.200 e. The molecule has 0 aromatic heterocycles. The molecule has 15 nitrogen and oxygen atoms in total. The Morgan fingerprint density at radius 2 is 1.32 bits per heavy atom. The van der Waals surface area contributed by atoms with E-state index in [-0.39, 0.29) is 83.1 Å². The maximum Gasteiger partial charge on any atom is 0.200 e. The van der Waals surface area contributed by atoms with Crippen LogP contribution < -0.4 is 9.47 Å². The van der Waals surface area contributed by atoms with Crippen LogP contribution in [0.4, 0.5) is 0 Å². The van der Waals surface area contributed by atoms with E-state index in [1.807, 2.05) is 0 Å². The molecule has 0 radical (unpaired) electrons. The van der Waals surface area contributed by atoms with Crippen LogP contribution in [0.1, 0.15) is 40.5 Å². The molecule has 0 saturated heterocycles. The lowest BCUT2D eigenvalue weighted by Gasteiger charge is -2.40. The van der Waals surface area contributed by atoms with Gasteiger partial charge in [0.25, 0.3) is 0 Å². The largest absolute Gasteiger partial charge is 0.508 e. The summed E-state index contributed by atoms with van der Waals surface area (Å²) in [5, 5.41) is 124. The van der Waals surface area contributed by atoms with Crippen LogP contribution in [0.5, 0.6) is 51.7 Å². The molecular weight excluding hydrogens is 624 g/mol. The second kappa shape index (κ2) is 11.8. The number of phenolic OH excluding ortho intramolecular Hbond substituents is 7. The standard InChI is InChI=1S/C32H32O15/c33-13-5-14-18(34)8-19(35)15(30(14)45-10-13)6-16-20(36)9-21(37)17-7-26(46-32(44)12-3-24(40)28(43)25(41)4-12)29(47-31(16)17)11-1-22(38)27(42)23(39)2-11/h1,3-4,8-9,11,13,26,29,32-44H,2,5-7,10H2/t11?,13-,26-,29-,32?/m1/s1. The van der Waals surface area contributed by atoms with Crippen molar-refractivity contribution >= 4 is 0 Å². The first kappa shape index (κ1) is 31.6. The predicted molar refractivity (Wildman–Crippen MR) is 158 cm³/mol. The number of rotatable bonds is 6. The second-order valence-corrected chi connectivity index (χ2v) is 11.7. The lowest BCUT2D eigenvalue weighted by Crippen LogP contribution is -2.45. The number of aliphatic hydroxyl groups excluding tert-OH is 5. The fourth-order valence-electron chi connectivity index (χ4n) is 6.19. The summed E-state index contributed by atoms with van der Waals surface area (Å²) in [5.74, 6) is -6.78. The van der Waals surface area contributed by atoms with Crippen molar-refractivity contribution in [3.63, 3.8) is 0 Å². The van der Waals surface area contributed by atoms with E-state index in [0.29, 0.717) is 0 Å². The van der Waals surface area contributed by atoms with E-state index in [9.17, 15) is 61.3 Å². The van der Waals surface area contributed by atoms with Gasteiger partial charge >= 0.3 is 0 Å². The molecule has 0 amide bonds. The van der Waals surface area contributed by atoms with Crippen molar-refractivity contribution in [1.29, 1.82) is 0 Å². The minimum absolute atomic E-state index is 0.0337. The number of phenols is 7. The normalized spacial score (nSPS) is 22.8. The molecule has 0 spiro atoms. The van der Waals surface area contributed by atoms with Gasteiger partial charge in [0.1, 0.15) is 59.1 Å². The van der Waals surface area contributed by atoms with Gasteiger partial charge in [-0.25, -0.2) is 0 Å². The molecule has 5 atom stereocenters. The van der Waals surface area contributed by atoms with E-state index < -0.39 is 76.5 Å². The third kappa shape index (κ3) is 5.64. The number of fused-ring (bicyclic) bond motifs is 2. The fourth-order valence-corrected chi connectivity index (χ4v) is 6.19. The van der Waals surface area contributed by atoms with Crippen LogP contribution in [-0.4, -0.2) is 86.2 Å². The van der Waals surface area contributed by atoms with Crippen LogP contribution in [0.2, 0.25) is 0 Å². The Kier molecular flexibility index (Phi) is 7.91. The molecule has 0 bridgehead atoms. The van der Waals surface area contributed by atoms with Gasteiger partial charge in [0.2, 0.25) is 0 Å². The molecule has 2 heterocycles. The zero-order valence-corrected chi connectivity index (χ0v) is 24.4. The number of aliphatic hydroxyl groups is 5. The second-order valence-electron chi connectivity index (χ2n) is 11.7. The van der Waals surface area contributed by atoms with Crippen LogP contribution in [0.3, 0.4) is 0 Å². The summed E-state index contributed by atoms with van der Waals surface area (Å²) < 4.78 is 17.9. The lowest BCUT2D eigenvalue weighted by atomic mass is 9.84. The maximum absolute atomic E-state index is 11.0. The number of hydrogen-bond acceptors (Lipinski definition) is 15. The first-order valence-electron chi connectivity index (χ1n) is 14.4. The molecule has 3 aromatic rings. The van der Waals surface area contributed by atoms with E-state index in [1.54, 1.807) is 0 Å². The number of aromatic hydroxyl groups is 7. The van der Waals surface area contributed by atoms with E-state index >= 15 is 0 Å². The molecule has 2 unspecified atom stereocenters. The van der Waals surface area contributed by atoms with Crippen molar-refractivity contribution in [2.24, 2.45) is 5.92 Å². The first-order valence-corrected chi connectivity index (χ1v) is 14.4. The molecular formula is C32H32O15. The Hall–Kier alpha value is -5.38. The first-order chi connectivity index (χ1) is 22.2. The minimum atomic E-state index is -1.85. The van der Waals surface area contributed by atoms with Crippen molar-refractivity contribution in [3.8, 4) is 51.7 Å². The highest BCUT2D eigenvalue weighted by molar-refractivity contribution is 5.63. The summed E-state index contributed by atoms with van der Waals surface area (Å²) in [6.07, 6.45) is -4.68. The van der Waals surface area contributed by atoms with Crippen LogP contribution in [0.25, 0.3) is 0 Å². The van der Waals surface area contributed by atoms with Crippen LogP contribution in [0, 0.1) is 5.92 Å². The highest BCUT2D eigenvalue weighted by Crippen LogP contribution is 2.49. The third-order valence-electron chi connectivity index (χ3n) is 8.54. The van der Waals surface area contributed by atoms with Gasteiger partial charge in [0.15, 0.2) is 35.1 Å². The highest BCUT2D eigenvalue weighted by Gasteiger charge is 2.42. The molecule has 1 aliphatic carbocycles. The summed E-state index contributed by atoms with van der Waals surface area (Å²) in [6, 6.07) is 4.01. The average Bonchev–Trinajstić information content (AvgIpc) is 3.01. The number of allylic oxidation sites excluding steroid dienone is 1. The average molecular weight is 657 g/mol. The van der Waals surface area contributed by atoms with Crippen molar-refractivity contribution in [2.75, 3.05) is 6.61 Å². The molecule has 15 heteroatoms. The molecule has 0 fully saturated rings. The summed E-state index contributed by atoms with van der Waals surface area (Å²) in [6.45, 7) is -0.125. The van der Waals surface area contributed by atoms with Gasteiger partial charge in [-0.1, -0.05) is 0 Å². The van der Waals surface area contributed by atoms with Gasteiger partial charge in [-0.3, -0.25) is 0 Å². The number of hydrogen-bond donors (Lipinski definition) is 12. The minimum Gasteiger partial charge on any atom is -0.508 e. The Balaban J connectivity index is 1.42. The molecule has 3 aromatic carbocycles. The molecule has 2 aliphatic heterocycles. The zero-order chi connectivity index (χ0) is 33.9. The third-order valence-corrected chi connectivity index (χ3v) is 8.54. The van der Waals surface area contributed by atoms with Gasteiger partial charge in [0.05, 0.1) is 6.10 Å². The van der Waals surface area contributed by atoms with Crippen molar-refractivity contribution in [2.45, 2.75) is 50.3 Å². The zero-order valence-electron chi connectivity index (χ0n) is 24.4. The predicted octanol–water partition coefficient (Wildman–Crippen LogP) is 2.68. The summed E-state index contributed by atoms with van der Waals surface area (Å²) in [7, 11) is 0. The molecule has 47 heavy (non-hydrogen) atoms. The van der Waals surface area contributed by atoms with Crippen LogP contribution >= 0.6 is 0 Å². The van der Waals surface area contributed by atoms with Crippen molar-refractivity contribution in [3.05, 3.63) is 75.4 Å². The van der Waals surface area contributed by atoms with E-state index in [4.69, 9.17) is 14.2 Å². The van der Waals surface area contributed by atoms with Crippen molar-refractivity contribution < 1.29 is 75.5 Å².